The predicted octanol–water partition coefficient (Wildman–Crippen LogP) is 2.26. The summed E-state index contributed by atoms with van der Waals surface area (Å²) < 4.78 is 16.0. The van der Waals surface area contributed by atoms with Crippen molar-refractivity contribution in [2.24, 2.45) is 5.73 Å². The van der Waals surface area contributed by atoms with E-state index in [1.54, 1.807) is 12.4 Å². The molecule has 0 amide bonds. The molecule has 3 aromatic rings. The van der Waals surface area contributed by atoms with Crippen LogP contribution >= 0.6 is 11.3 Å². The third-order valence-corrected chi connectivity index (χ3v) is 3.65. The number of rotatable bonds is 3. The van der Waals surface area contributed by atoms with E-state index in [1.807, 2.05) is 10.8 Å². The second-order valence-electron chi connectivity index (χ2n) is 3.92. The monoisotopic (exact) mass is 262 g/mol. The van der Waals surface area contributed by atoms with Crippen molar-refractivity contribution in [3.63, 3.8) is 0 Å². The van der Waals surface area contributed by atoms with Crippen molar-refractivity contribution in [3.05, 3.63) is 36.5 Å². The highest BCUT2D eigenvalue weighted by Gasteiger charge is 2.09. The van der Waals surface area contributed by atoms with Gasteiger partial charge in [-0.1, -0.05) is 0 Å². The summed E-state index contributed by atoms with van der Waals surface area (Å²) in [7, 11) is 0. The summed E-state index contributed by atoms with van der Waals surface area (Å²) in [6.45, 7) is 1.30. The Labute approximate surface area is 107 Å². The van der Waals surface area contributed by atoms with Crippen LogP contribution in [0.3, 0.4) is 0 Å². The van der Waals surface area contributed by atoms with E-state index in [0.29, 0.717) is 12.1 Å². The Balaban J connectivity index is 2.02. The van der Waals surface area contributed by atoms with Crippen LogP contribution < -0.4 is 5.73 Å². The van der Waals surface area contributed by atoms with E-state index in [2.05, 4.69) is 9.97 Å². The highest BCUT2D eigenvalue weighted by molar-refractivity contribution is 7.21. The second kappa shape index (κ2) is 4.47. The van der Waals surface area contributed by atoms with Crippen molar-refractivity contribution >= 4 is 21.6 Å². The molecule has 0 atom stereocenters. The molecule has 2 heterocycles. The Kier molecular flexibility index (Phi) is 2.81. The molecule has 2 aromatic heterocycles. The summed E-state index contributed by atoms with van der Waals surface area (Å²) in [6, 6.07) is 4.62. The molecule has 0 fully saturated rings. The van der Waals surface area contributed by atoms with Crippen LogP contribution in [0.2, 0.25) is 0 Å². The number of hydrogen-bond acceptors (Lipinski definition) is 4. The van der Waals surface area contributed by atoms with E-state index in [0.717, 1.165) is 21.9 Å². The fourth-order valence-electron chi connectivity index (χ4n) is 1.75. The highest BCUT2D eigenvalue weighted by atomic mass is 32.1. The number of fused-ring (bicyclic) bond motifs is 1. The van der Waals surface area contributed by atoms with Gasteiger partial charge < -0.3 is 10.3 Å². The van der Waals surface area contributed by atoms with Crippen molar-refractivity contribution in [1.29, 1.82) is 0 Å². The van der Waals surface area contributed by atoms with Gasteiger partial charge >= 0.3 is 0 Å². The summed E-state index contributed by atoms with van der Waals surface area (Å²) in [5.74, 6) is -0.270. The molecule has 0 unspecified atom stereocenters. The van der Waals surface area contributed by atoms with Gasteiger partial charge in [0.25, 0.3) is 0 Å². The summed E-state index contributed by atoms with van der Waals surface area (Å²) >= 11 is 1.51. The lowest BCUT2D eigenvalue weighted by atomic mass is 10.3. The summed E-state index contributed by atoms with van der Waals surface area (Å²) in [5.41, 5.74) is 6.95. The summed E-state index contributed by atoms with van der Waals surface area (Å²) in [4.78, 5) is 8.67. The van der Waals surface area contributed by atoms with Gasteiger partial charge in [0.2, 0.25) is 0 Å². The number of benzene rings is 1. The third kappa shape index (κ3) is 2.00. The molecular weight excluding hydrogens is 251 g/mol. The molecule has 0 bridgehead atoms. The van der Waals surface area contributed by atoms with Gasteiger partial charge in [0.1, 0.15) is 16.5 Å². The Hall–Kier alpha value is -1.79. The van der Waals surface area contributed by atoms with Gasteiger partial charge in [-0.05, 0) is 12.1 Å². The molecule has 0 aliphatic carbocycles. The third-order valence-electron chi connectivity index (χ3n) is 2.59. The molecule has 0 radical (unpaired) electrons. The quantitative estimate of drug-likeness (QED) is 0.787. The minimum atomic E-state index is -0.270. The van der Waals surface area contributed by atoms with Gasteiger partial charge in [0, 0.05) is 25.4 Å². The van der Waals surface area contributed by atoms with Crippen LogP contribution in [0.4, 0.5) is 4.39 Å². The van der Waals surface area contributed by atoms with Crippen molar-refractivity contribution in [1.82, 2.24) is 14.5 Å². The van der Waals surface area contributed by atoms with E-state index >= 15 is 0 Å². The molecule has 0 saturated carbocycles. The number of halogens is 1. The van der Waals surface area contributed by atoms with Gasteiger partial charge in [-0.3, -0.25) is 0 Å². The van der Waals surface area contributed by atoms with Crippen LogP contribution in [0.1, 0.15) is 0 Å². The molecule has 0 saturated heterocycles. The molecule has 6 heteroatoms. The van der Waals surface area contributed by atoms with Crippen LogP contribution in [-0.2, 0) is 6.54 Å². The molecule has 2 N–H and O–H groups in total. The fourth-order valence-corrected chi connectivity index (χ4v) is 2.66. The van der Waals surface area contributed by atoms with Crippen LogP contribution in [-0.4, -0.2) is 21.1 Å². The number of imidazole rings is 1. The number of nitrogens with two attached hydrogens (primary N) is 1. The smallest absolute Gasteiger partial charge is 0.144 e. The zero-order valence-electron chi connectivity index (χ0n) is 9.51. The maximum absolute atomic E-state index is 13.1. The van der Waals surface area contributed by atoms with Gasteiger partial charge in [-0.15, -0.1) is 11.3 Å². The first-order valence-corrected chi connectivity index (χ1v) is 6.36. The van der Waals surface area contributed by atoms with Gasteiger partial charge in [0.15, 0.2) is 0 Å². The first-order chi connectivity index (χ1) is 8.76. The average Bonchev–Trinajstić information content (AvgIpc) is 2.94. The topological polar surface area (TPSA) is 56.7 Å². The molecule has 0 spiro atoms. The predicted molar refractivity (Wildman–Crippen MR) is 69.9 cm³/mol. The number of hydrogen-bond donors (Lipinski definition) is 1. The second-order valence-corrected chi connectivity index (χ2v) is 4.95. The van der Waals surface area contributed by atoms with Crippen LogP contribution in [0.5, 0.6) is 0 Å². The van der Waals surface area contributed by atoms with Crippen molar-refractivity contribution < 1.29 is 4.39 Å². The Bertz CT molecular complexity index is 688. The molecule has 3 rings (SSSR count). The first kappa shape index (κ1) is 11.3. The molecule has 4 nitrogen and oxygen atoms in total. The lowest BCUT2D eigenvalue weighted by Crippen LogP contribution is -2.07. The maximum atomic E-state index is 13.1. The van der Waals surface area contributed by atoms with Crippen molar-refractivity contribution in [2.75, 3.05) is 6.54 Å². The van der Waals surface area contributed by atoms with Crippen LogP contribution in [0.25, 0.3) is 20.9 Å². The average molecular weight is 262 g/mol. The Morgan fingerprint density at radius 1 is 1.39 bits per heavy atom. The van der Waals surface area contributed by atoms with E-state index in [1.165, 1.54) is 23.5 Å². The van der Waals surface area contributed by atoms with Gasteiger partial charge in [-0.2, -0.15) is 0 Å². The minimum absolute atomic E-state index is 0.270. The molecule has 92 valence electrons. The SMILES string of the molecule is NCCn1cnc(-c2nc3cc(F)ccc3s2)c1. The van der Waals surface area contributed by atoms with Crippen LogP contribution in [0.15, 0.2) is 30.7 Å². The largest absolute Gasteiger partial charge is 0.335 e. The number of thiazole rings is 1. The fraction of sp³-hybridized carbons (Fsp3) is 0.167. The lowest BCUT2D eigenvalue weighted by molar-refractivity contribution is 0.629. The van der Waals surface area contributed by atoms with E-state index in [9.17, 15) is 4.39 Å². The Morgan fingerprint density at radius 2 is 2.28 bits per heavy atom. The number of aromatic nitrogens is 3. The normalized spacial score (nSPS) is 11.2. The molecule has 18 heavy (non-hydrogen) atoms. The molecule has 0 aliphatic heterocycles. The standard InChI is InChI=1S/C12H11FN4S/c13-8-1-2-11-9(5-8)16-12(18-11)10-6-17(4-3-14)7-15-10/h1-2,5-7H,3-4,14H2. The molecular formula is C12H11FN4S. The Morgan fingerprint density at radius 3 is 3.11 bits per heavy atom. The maximum Gasteiger partial charge on any atom is 0.144 e. The van der Waals surface area contributed by atoms with E-state index in [4.69, 9.17) is 5.73 Å². The zero-order chi connectivity index (χ0) is 12.5. The van der Waals surface area contributed by atoms with Crippen LogP contribution in [0, 0.1) is 5.82 Å². The number of nitrogens with zero attached hydrogens (tertiary/aromatic N) is 3. The van der Waals surface area contributed by atoms with E-state index < -0.39 is 0 Å². The molecule has 1 aromatic carbocycles. The first-order valence-electron chi connectivity index (χ1n) is 5.54. The van der Waals surface area contributed by atoms with Crippen molar-refractivity contribution in [3.8, 4) is 10.7 Å². The van der Waals surface area contributed by atoms with E-state index in [-0.39, 0.29) is 5.82 Å². The molecule has 0 aliphatic rings. The van der Waals surface area contributed by atoms with Gasteiger partial charge in [-0.25, -0.2) is 14.4 Å². The van der Waals surface area contributed by atoms with Crippen molar-refractivity contribution in [2.45, 2.75) is 6.54 Å². The summed E-state index contributed by atoms with van der Waals surface area (Å²) in [6.07, 6.45) is 3.63. The lowest BCUT2D eigenvalue weighted by Gasteiger charge is -1.94. The van der Waals surface area contributed by atoms with Gasteiger partial charge in [0.05, 0.1) is 16.5 Å². The minimum Gasteiger partial charge on any atom is -0.335 e. The summed E-state index contributed by atoms with van der Waals surface area (Å²) in [5, 5.41) is 0.798. The zero-order valence-corrected chi connectivity index (χ0v) is 10.3. The highest BCUT2D eigenvalue weighted by Crippen LogP contribution is 2.29.